The first-order valence-corrected chi connectivity index (χ1v) is 8.69. The van der Waals surface area contributed by atoms with Crippen molar-refractivity contribution in [3.05, 3.63) is 78.5 Å². The zero-order valence-electron chi connectivity index (χ0n) is 15.1. The molecule has 0 saturated heterocycles. The Hall–Kier alpha value is -3.54. The fraction of sp³-hybridized carbons (Fsp3) is 0.143. The second-order valence-corrected chi connectivity index (χ2v) is 5.91. The monoisotopic (exact) mass is 362 g/mol. The van der Waals surface area contributed by atoms with Gasteiger partial charge in [0, 0.05) is 12.2 Å². The lowest BCUT2D eigenvalue weighted by Gasteiger charge is -2.09. The van der Waals surface area contributed by atoms with Crippen LogP contribution in [0.4, 0.5) is 22.0 Å². The maximum absolute atomic E-state index is 12.0. The van der Waals surface area contributed by atoms with Gasteiger partial charge in [0.25, 0.3) is 0 Å². The largest absolute Gasteiger partial charge is 0.497 e. The van der Waals surface area contributed by atoms with Crippen LogP contribution in [-0.4, -0.2) is 24.7 Å². The van der Waals surface area contributed by atoms with Crippen LogP contribution in [0.15, 0.2) is 72.9 Å². The number of urea groups is 1. The van der Waals surface area contributed by atoms with Crippen molar-refractivity contribution < 1.29 is 9.53 Å². The molecule has 6 heteroatoms. The molecular formula is C21H22N4O2. The van der Waals surface area contributed by atoms with Crippen molar-refractivity contribution >= 4 is 23.2 Å². The van der Waals surface area contributed by atoms with E-state index >= 15 is 0 Å². The number of aromatic nitrogens is 1. The molecule has 27 heavy (non-hydrogen) atoms. The Bertz CT molecular complexity index is 867. The van der Waals surface area contributed by atoms with Gasteiger partial charge in [0.05, 0.1) is 19.0 Å². The lowest BCUT2D eigenvalue weighted by molar-refractivity contribution is 0.262. The summed E-state index contributed by atoms with van der Waals surface area (Å²) in [5, 5.41) is 8.79. The minimum Gasteiger partial charge on any atom is -0.497 e. The summed E-state index contributed by atoms with van der Waals surface area (Å²) in [7, 11) is 1.66. The molecule has 1 aromatic heterocycles. The Labute approximate surface area is 158 Å². The van der Waals surface area contributed by atoms with Gasteiger partial charge in [0.15, 0.2) is 0 Å². The molecule has 0 fully saturated rings. The first kappa shape index (κ1) is 18.3. The summed E-state index contributed by atoms with van der Waals surface area (Å²) in [6.07, 6.45) is 2.48. The number of nitrogens with zero attached hydrogens (tertiary/aromatic N) is 1. The quantitative estimate of drug-likeness (QED) is 0.583. The average molecular weight is 362 g/mol. The maximum Gasteiger partial charge on any atom is 0.323 e. The number of hydrogen-bond acceptors (Lipinski definition) is 4. The van der Waals surface area contributed by atoms with E-state index in [0.717, 1.165) is 30.2 Å². The number of pyridine rings is 1. The smallest absolute Gasteiger partial charge is 0.323 e. The molecule has 2 amide bonds. The normalized spacial score (nSPS) is 10.1. The van der Waals surface area contributed by atoms with Gasteiger partial charge in [0.1, 0.15) is 11.6 Å². The summed E-state index contributed by atoms with van der Waals surface area (Å²) in [4.78, 5) is 16.3. The molecule has 0 aliphatic rings. The number of rotatable bonds is 7. The minimum atomic E-state index is -0.304. The Morgan fingerprint density at radius 3 is 2.52 bits per heavy atom. The molecule has 0 aliphatic carbocycles. The van der Waals surface area contributed by atoms with Gasteiger partial charge >= 0.3 is 6.03 Å². The molecule has 0 aliphatic heterocycles. The van der Waals surface area contributed by atoms with Crippen molar-refractivity contribution in [2.75, 3.05) is 29.6 Å². The van der Waals surface area contributed by atoms with Gasteiger partial charge in [0.2, 0.25) is 0 Å². The highest BCUT2D eigenvalue weighted by atomic mass is 16.5. The minimum absolute atomic E-state index is 0.304. The summed E-state index contributed by atoms with van der Waals surface area (Å²) in [6, 6.07) is 20.6. The zero-order valence-corrected chi connectivity index (χ0v) is 15.1. The predicted molar refractivity (Wildman–Crippen MR) is 109 cm³/mol. The van der Waals surface area contributed by atoms with E-state index in [9.17, 15) is 4.79 Å². The topological polar surface area (TPSA) is 75.3 Å². The highest BCUT2D eigenvalue weighted by molar-refractivity contribution is 5.99. The number of carbonyl (C=O) groups is 1. The van der Waals surface area contributed by atoms with Crippen LogP contribution in [0.1, 0.15) is 5.56 Å². The molecule has 3 aromatic rings. The number of benzene rings is 2. The summed E-state index contributed by atoms with van der Waals surface area (Å²) < 4.78 is 5.23. The van der Waals surface area contributed by atoms with Crippen LogP contribution < -0.4 is 20.7 Å². The fourth-order valence-electron chi connectivity index (χ4n) is 2.55. The number of carbonyl (C=O) groups excluding carboxylic acids is 1. The van der Waals surface area contributed by atoms with Crippen LogP contribution in [0.25, 0.3) is 0 Å². The van der Waals surface area contributed by atoms with Crippen molar-refractivity contribution in [1.29, 1.82) is 0 Å². The molecule has 0 unspecified atom stereocenters. The van der Waals surface area contributed by atoms with Crippen molar-refractivity contribution in [2.45, 2.75) is 6.42 Å². The molecular weight excluding hydrogens is 340 g/mol. The van der Waals surface area contributed by atoms with Gasteiger partial charge in [-0.2, -0.15) is 0 Å². The molecule has 1 heterocycles. The number of nitrogens with one attached hydrogen (secondary N) is 3. The SMILES string of the molecule is COc1cccc(CCNc2ccc(NC(=O)Nc3ccccc3)cn2)c1. The summed E-state index contributed by atoms with van der Waals surface area (Å²) in [6.45, 7) is 0.751. The lowest BCUT2D eigenvalue weighted by atomic mass is 10.1. The van der Waals surface area contributed by atoms with E-state index in [-0.39, 0.29) is 6.03 Å². The van der Waals surface area contributed by atoms with Crippen LogP contribution in [0, 0.1) is 0 Å². The Kier molecular flexibility index (Phi) is 6.25. The molecule has 0 radical (unpaired) electrons. The van der Waals surface area contributed by atoms with Gasteiger partial charge in [-0.1, -0.05) is 30.3 Å². The fourth-order valence-corrected chi connectivity index (χ4v) is 2.55. The van der Waals surface area contributed by atoms with Crippen LogP contribution in [0.3, 0.4) is 0 Å². The molecule has 138 valence electrons. The Morgan fingerprint density at radius 1 is 0.963 bits per heavy atom. The van der Waals surface area contributed by atoms with E-state index < -0.39 is 0 Å². The number of amides is 2. The molecule has 0 atom stereocenters. The van der Waals surface area contributed by atoms with Crippen molar-refractivity contribution in [1.82, 2.24) is 4.98 Å². The third-order valence-electron chi connectivity index (χ3n) is 3.91. The summed E-state index contributed by atoms with van der Waals surface area (Å²) in [5.74, 6) is 1.61. The number of para-hydroxylation sites is 1. The van der Waals surface area contributed by atoms with Crippen LogP contribution in [0.5, 0.6) is 5.75 Å². The summed E-state index contributed by atoms with van der Waals surface area (Å²) >= 11 is 0. The van der Waals surface area contributed by atoms with Crippen molar-refractivity contribution in [3.63, 3.8) is 0 Å². The molecule has 3 N–H and O–H groups in total. The highest BCUT2D eigenvalue weighted by Crippen LogP contribution is 2.14. The molecule has 0 saturated carbocycles. The van der Waals surface area contributed by atoms with Gasteiger partial charge in [-0.25, -0.2) is 9.78 Å². The van der Waals surface area contributed by atoms with E-state index in [2.05, 4.69) is 27.0 Å². The molecule has 0 bridgehead atoms. The second kappa shape index (κ2) is 9.24. The first-order chi connectivity index (χ1) is 13.2. The van der Waals surface area contributed by atoms with Crippen molar-refractivity contribution in [3.8, 4) is 5.75 Å². The number of anilines is 3. The van der Waals surface area contributed by atoms with E-state index in [1.807, 2.05) is 60.7 Å². The van der Waals surface area contributed by atoms with Gasteiger partial charge < -0.3 is 20.7 Å². The summed E-state index contributed by atoms with van der Waals surface area (Å²) in [5.41, 5.74) is 2.55. The average Bonchev–Trinajstić information content (AvgIpc) is 2.70. The molecule has 2 aromatic carbocycles. The van der Waals surface area contributed by atoms with Gasteiger partial charge in [-0.15, -0.1) is 0 Å². The van der Waals surface area contributed by atoms with E-state index in [0.29, 0.717) is 5.69 Å². The molecule has 0 spiro atoms. The number of methoxy groups -OCH3 is 1. The van der Waals surface area contributed by atoms with Crippen LogP contribution >= 0.6 is 0 Å². The Balaban J connectivity index is 1.46. The lowest BCUT2D eigenvalue weighted by Crippen LogP contribution is -2.19. The number of ether oxygens (including phenoxy) is 1. The van der Waals surface area contributed by atoms with E-state index in [4.69, 9.17) is 4.74 Å². The molecule has 3 rings (SSSR count). The van der Waals surface area contributed by atoms with Crippen molar-refractivity contribution in [2.24, 2.45) is 0 Å². The zero-order chi connectivity index (χ0) is 18.9. The van der Waals surface area contributed by atoms with Gasteiger partial charge in [-0.3, -0.25) is 0 Å². The second-order valence-electron chi connectivity index (χ2n) is 5.91. The van der Waals surface area contributed by atoms with E-state index in [1.54, 1.807) is 13.3 Å². The van der Waals surface area contributed by atoms with Crippen LogP contribution in [-0.2, 0) is 6.42 Å². The number of hydrogen-bond donors (Lipinski definition) is 3. The van der Waals surface area contributed by atoms with E-state index in [1.165, 1.54) is 5.56 Å². The van der Waals surface area contributed by atoms with Gasteiger partial charge in [-0.05, 0) is 48.4 Å². The predicted octanol–water partition coefficient (Wildman–Crippen LogP) is 4.39. The maximum atomic E-state index is 12.0. The third kappa shape index (κ3) is 5.74. The highest BCUT2D eigenvalue weighted by Gasteiger charge is 2.03. The van der Waals surface area contributed by atoms with Crippen LogP contribution in [0.2, 0.25) is 0 Å². The third-order valence-corrected chi connectivity index (χ3v) is 3.91. The molecule has 6 nitrogen and oxygen atoms in total. The first-order valence-electron chi connectivity index (χ1n) is 8.69. The Morgan fingerprint density at radius 2 is 1.78 bits per heavy atom. The standard InChI is InChI=1S/C21H22N4O2/c1-27-19-9-5-6-16(14-19)12-13-22-20-11-10-18(15-23-20)25-21(26)24-17-7-3-2-4-8-17/h2-11,14-15H,12-13H2,1H3,(H,22,23)(H2,24,25,26).